The molecule has 1 aromatic heterocycles. The van der Waals surface area contributed by atoms with E-state index in [0.717, 1.165) is 0 Å². The Morgan fingerprint density at radius 1 is 1.21 bits per heavy atom. The number of carbonyl (C=O) groups excluding carboxylic acids is 2. The van der Waals surface area contributed by atoms with E-state index in [1.54, 1.807) is 20.8 Å². The molecule has 2 aromatic rings. The number of aromatic nitrogens is 1. The van der Waals surface area contributed by atoms with Crippen LogP contribution >= 0.6 is 0 Å². The van der Waals surface area contributed by atoms with E-state index in [1.165, 1.54) is 29.7 Å². The molecule has 0 bridgehead atoms. The van der Waals surface area contributed by atoms with Crippen molar-refractivity contribution in [3.63, 3.8) is 0 Å². The van der Waals surface area contributed by atoms with Crippen LogP contribution in [0, 0.1) is 25.7 Å². The molecule has 34 heavy (non-hydrogen) atoms. The Balaban J connectivity index is 1.90. The number of nitrogens with zero attached hydrogens (tertiary/aromatic N) is 1. The Morgan fingerprint density at radius 3 is 2.50 bits per heavy atom. The zero-order chi connectivity index (χ0) is 25.1. The Morgan fingerprint density at radius 2 is 1.91 bits per heavy atom. The van der Waals surface area contributed by atoms with Gasteiger partial charge in [-0.05, 0) is 64.3 Å². The van der Waals surface area contributed by atoms with E-state index in [2.05, 4.69) is 27.0 Å². The number of amides is 2. The van der Waals surface area contributed by atoms with Gasteiger partial charge < -0.3 is 14.6 Å². The summed E-state index contributed by atoms with van der Waals surface area (Å²) in [5.74, 6) is 5.07. The first-order chi connectivity index (χ1) is 16.2. The standard InChI is InChI=1S/C22H28N4O7S/c1-4-5-14-32-17-9-11-18(12-10-17)34(30,31)26-19(21(27)24-29)8-6-7-13-23-22(28)20-15(2)25-33-16(20)3/h9-12,19,26,29H,6-8,13-14H2,1-3H3,(H,23,28)(H,24,27)/t19-/m1/s1. The summed E-state index contributed by atoms with van der Waals surface area (Å²) in [5.41, 5.74) is 2.34. The molecule has 2 rings (SSSR count). The highest BCUT2D eigenvalue weighted by Crippen LogP contribution is 2.17. The van der Waals surface area contributed by atoms with Gasteiger partial charge in [0.25, 0.3) is 11.8 Å². The van der Waals surface area contributed by atoms with Crippen LogP contribution in [-0.4, -0.2) is 49.8 Å². The topological polar surface area (TPSA) is 160 Å². The predicted molar refractivity (Wildman–Crippen MR) is 122 cm³/mol. The van der Waals surface area contributed by atoms with Gasteiger partial charge in [0.2, 0.25) is 10.0 Å². The van der Waals surface area contributed by atoms with E-state index in [0.29, 0.717) is 42.2 Å². The number of aryl methyl sites for hydroxylation is 2. The minimum absolute atomic E-state index is 0.0658. The molecule has 1 atom stereocenters. The minimum atomic E-state index is -4.04. The molecule has 0 saturated heterocycles. The second kappa shape index (κ2) is 12.7. The first kappa shape index (κ1) is 26.8. The van der Waals surface area contributed by atoms with Crippen LogP contribution in [0.25, 0.3) is 0 Å². The summed E-state index contributed by atoms with van der Waals surface area (Å²) >= 11 is 0. The van der Waals surface area contributed by atoms with Crippen molar-refractivity contribution in [1.82, 2.24) is 20.7 Å². The summed E-state index contributed by atoms with van der Waals surface area (Å²) in [7, 11) is -4.04. The Bertz CT molecular complexity index is 1130. The molecular weight excluding hydrogens is 464 g/mol. The third kappa shape index (κ3) is 7.58. The Hall–Kier alpha value is -3.40. The van der Waals surface area contributed by atoms with Crippen molar-refractivity contribution in [2.45, 2.75) is 51.0 Å². The van der Waals surface area contributed by atoms with Crippen LogP contribution in [0.1, 0.15) is 48.0 Å². The van der Waals surface area contributed by atoms with E-state index in [1.807, 2.05) is 0 Å². The second-order valence-electron chi connectivity index (χ2n) is 7.29. The van der Waals surface area contributed by atoms with Crippen LogP contribution in [0.2, 0.25) is 0 Å². The highest BCUT2D eigenvalue weighted by Gasteiger charge is 2.25. The largest absolute Gasteiger partial charge is 0.481 e. The molecule has 1 aromatic carbocycles. The SMILES string of the molecule is CC#CCOc1ccc(S(=O)(=O)N[C@H](CCCCNC(=O)c2c(C)noc2C)C(=O)NO)cc1. The number of unbranched alkanes of at least 4 members (excludes halogenated alkanes) is 1. The van der Waals surface area contributed by atoms with Crippen LogP contribution in [0.4, 0.5) is 0 Å². The molecule has 0 saturated carbocycles. The molecule has 0 aliphatic carbocycles. The van der Waals surface area contributed by atoms with E-state index >= 15 is 0 Å². The zero-order valence-electron chi connectivity index (χ0n) is 19.2. The van der Waals surface area contributed by atoms with Crippen molar-refractivity contribution in [1.29, 1.82) is 0 Å². The molecule has 184 valence electrons. The van der Waals surface area contributed by atoms with Gasteiger partial charge in [0.1, 0.15) is 29.7 Å². The summed E-state index contributed by atoms with van der Waals surface area (Å²) < 4.78 is 38.0. The van der Waals surface area contributed by atoms with Crippen molar-refractivity contribution in [3.05, 3.63) is 41.3 Å². The fraction of sp³-hybridized carbons (Fsp3) is 0.409. The third-order valence-electron chi connectivity index (χ3n) is 4.81. The van der Waals surface area contributed by atoms with Crippen LogP contribution in [0.15, 0.2) is 33.7 Å². The number of benzene rings is 1. The maximum absolute atomic E-state index is 12.7. The highest BCUT2D eigenvalue weighted by atomic mass is 32.2. The molecule has 11 nitrogen and oxygen atoms in total. The summed E-state index contributed by atoms with van der Waals surface area (Å²) in [6, 6.07) is 4.44. The molecular formula is C22H28N4O7S. The lowest BCUT2D eigenvalue weighted by atomic mass is 10.1. The second-order valence-corrected chi connectivity index (χ2v) is 9.00. The van der Waals surface area contributed by atoms with Gasteiger partial charge in [-0.15, -0.1) is 5.92 Å². The Kier molecular flexibility index (Phi) is 10.1. The smallest absolute Gasteiger partial charge is 0.261 e. The minimum Gasteiger partial charge on any atom is -0.481 e. The van der Waals surface area contributed by atoms with Gasteiger partial charge in [-0.25, -0.2) is 13.9 Å². The van der Waals surface area contributed by atoms with Gasteiger partial charge in [0.05, 0.1) is 10.6 Å². The summed E-state index contributed by atoms with van der Waals surface area (Å²) in [4.78, 5) is 24.2. The van der Waals surface area contributed by atoms with Crippen molar-refractivity contribution < 1.29 is 32.5 Å². The summed E-state index contributed by atoms with van der Waals surface area (Å²) in [6.07, 6.45) is 0.968. The zero-order valence-corrected chi connectivity index (χ0v) is 20.0. The number of carbonyl (C=O) groups is 2. The molecule has 0 spiro atoms. The fourth-order valence-electron chi connectivity index (χ4n) is 3.05. The molecule has 2 amide bonds. The molecule has 0 fully saturated rings. The first-order valence-electron chi connectivity index (χ1n) is 10.5. The first-order valence-corrected chi connectivity index (χ1v) is 12.0. The Labute approximate surface area is 198 Å². The lowest BCUT2D eigenvalue weighted by Gasteiger charge is -2.17. The maximum Gasteiger partial charge on any atom is 0.261 e. The predicted octanol–water partition coefficient (Wildman–Crippen LogP) is 1.45. The van der Waals surface area contributed by atoms with Crippen LogP contribution in [0.3, 0.4) is 0 Å². The molecule has 0 aliphatic rings. The number of hydrogen-bond acceptors (Lipinski definition) is 8. The van der Waals surface area contributed by atoms with Crippen LogP contribution < -0.4 is 20.3 Å². The van der Waals surface area contributed by atoms with E-state index in [9.17, 15) is 18.0 Å². The number of sulfonamides is 1. The molecule has 0 unspecified atom stereocenters. The number of nitrogens with one attached hydrogen (secondary N) is 3. The van der Waals surface area contributed by atoms with Gasteiger partial charge in [-0.3, -0.25) is 14.8 Å². The maximum atomic E-state index is 12.7. The molecule has 0 aliphatic heterocycles. The monoisotopic (exact) mass is 492 g/mol. The summed E-state index contributed by atoms with van der Waals surface area (Å²) in [6.45, 7) is 5.46. The van der Waals surface area contributed by atoms with Crippen molar-refractivity contribution in [2.24, 2.45) is 0 Å². The van der Waals surface area contributed by atoms with Gasteiger partial charge in [-0.2, -0.15) is 4.72 Å². The van der Waals surface area contributed by atoms with E-state index < -0.39 is 22.0 Å². The number of hydrogen-bond donors (Lipinski definition) is 4. The van der Waals surface area contributed by atoms with Crippen LogP contribution in [0.5, 0.6) is 5.75 Å². The highest BCUT2D eigenvalue weighted by molar-refractivity contribution is 7.89. The number of ether oxygens (including phenoxy) is 1. The lowest BCUT2D eigenvalue weighted by Crippen LogP contribution is -2.45. The van der Waals surface area contributed by atoms with Gasteiger partial charge in [-0.1, -0.05) is 11.1 Å². The number of hydroxylamine groups is 1. The van der Waals surface area contributed by atoms with Gasteiger partial charge in [0.15, 0.2) is 0 Å². The van der Waals surface area contributed by atoms with E-state index in [-0.39, 0.29) is 23.8 Å². The average molecular weight is 493 g/mol. The summed E-state index contributed by atoms with van der Waals surface area (Å²) in [5, 5.41) is 15.5. The van der Waals surface area contributed by atoms with Crippen molar-refractivity contribution in [2.75, 3.05) is 13.2 Å². The van der Waals surface area contributed by atoms with Crippen molar-refractivity contribution in [3.8, 4) is 17.6 Å². The molecule has 0 radical (unpaired) electrons. The number of rotatable bonds is 12. The molecule has 4 N–H and O–H groups in total. The van der Waals surface area contributed by atoms with Crippen LogP contribution in [-0.2, 0) is 14.8 Å². The van der Waals surface area contributed by atoms with Gasteiger partial charge in [0, 0.05) is 6.54 Å². The average Bonchev–Trinajstić information content (AvgIpc) is 3.15. The normalized spacial score (nSPS) is 11.8. The fourth-order valence-corrected chi connectivity index (χ4v) is 4.28. The quantitative estimate of drug-likeness (QED) is 0.150. The molecule has 1 heterocycles. The van der Waals surface area contributed by atoms with E-state index in [4.69, 9.17) is 14.5 Å². The van der Waals surface area contributed by atoms with Crippen molar-refractivity contribution >= 4 is 21.8 Å². The van der Waals surface area contributed by atoms with Gasteiger partial charge >= 0.3 is 0 Å². The molecule has 12 heteroatoms. The lowest BCUT2D eigenvalue weighted by molar-refractivity contribution is -0.131. The third-order valence-corrected chi connectivity index (χ3v) is 6.30.